The Bertz CT molecular complexity index is 477. The third-order valence-electron chi connectivity index (χ3n) is 3.44. The summed E-state index contributed by atoms with van der Waals surface area (Å²) in [5, 5.41) is 9.17. The summed E-state index contributed by atoms with van der Waals surface area (Å²) in [6.07, 6.45) is -2.65. The first-order chi connectivity index (χ1) is 11.4. The first-order valence-corrected chi connectivity index (χ1v) is 9.80. The number of hydrogen-bond acceptors (Lipinski definition) is 2. The molecule has 1 radical (unpaired) electrons. The zero-order valence-electron chi connectivity index (χ0n) is 15.9. The molecular weight excluding hydrogens is 496 g/mol. The number of aliphatic hydroxyl groups is 1. The second kappa shape index (κ2) is 11.8. The Morgan fingerprint density at radius 3 is 1.41 bits per heavy atom. The molecule has 0 aromatic rings. The van der Waals surface area contributed by atoms with Gasteiger partial charge in [0.05, 0.1) is 0 Å². The summed E-state index contributed by atoms with van der Waals surface area (Å²) in [5.41, 5.74) is -1.25. The molecule has 0 spiro atoms. The van der Waals surface area contributed by atoms with E-state index >= 15 is 0 Å². The van der Waals surface area contributed by atoms with Gasteiger partial charge in [0.1, 0.15) is 5.76 Å². The monoisotopic (exact) mass is 521 g/mol. The predicted molar refractivity (Wildman–Crippen MR) is 89.7 cm³/mol. The molecule has 27 heavy (non-hydrogen) atoms. The molecule has 0 heterocycles. The van der Waals surface area contributed by atoms with Gasteiger partial charge < -0.3 is 5.11 Å². The maximum absolute atomic E-state index is 12.9. The van der Waals surface area contributed by atoms with Gasteiger partial charge in [0.2, 0.25) is 5.78 Å². The number of halogens is 7. The van der Waals surface area contributed by atoms with Crippen LogP contribution in [0.5, 0.6) is 0 Å². The SMILES string of the molecule is CC(C)(C)C(O)=CC(=O)C(F)(F)C(F)(F)C(F)(F)F.CCP(CC)CC.[Ag]. The Morgan fingerprint density at radius 1 is 0.889 bits per heavy atom. The Labute approximate surface area is 172 Å². The summed E-state index contributed by atoms with van der Waals surface area (Å²) in [7, 11) is 0.446. The predicted octanol–water partition coefficient (Wildman–Crippen LogP) is 6.40. The van der Waals surface area contributed by atoms with Crippen molar-refractivity contribution >= 4 is 13.7 Å². The van der Waals surface area contributed by atoms with Gasteiger partial charge in [-0.25, -0.2) is 0 Å². The van der Waals surface area contributed by atoms with E-state index in [0.29, 0.717) is 7.92 Å². The quantitative estimate of drug-likeness (QED) is 0.144. The Balaban J connectivity index is -0.000000612. The second-order valence-electron chi connectivity index (χ2n) is 6.41. The number of ketones is 1. The molecule has 0 unspecified atom stereocenters. The molecule has 0 aliphatic carbocycles. The number of aliphatic hydroxyl groups excluding tert-OH is 1. The molecule has 0 saturated carbocycles. The van der Waals surface area contributed by atoms with Crippen molar-refractivity contribution < 1.29 is 63.0 Å². The van der Waals surface area contributed by atoms with E-state index in [1.165, 1.54) is 39.3 Å². The van der Waals surface area contributed by atoms with Crippen LogP contribution in [0.1, 0.15) is 41.5 Å². The van der Waals surface area contributed by atoms with E-state index in [1.54, 1.807) is 0 Å². The van der Waals surface area contributed by atoms with Crippen LogP contribution in [-0.2, 0) is 27.2 Å². The molecule has 0 fully saturated rings. The molecular formula is C16H26AgF7O2P. The zero-order valence-corrected chi connectivity index (χ0v) is 18.3. The van der Waals surface area contributed by atoms with E-state index in [2.05, 4.69) is 20.8 Å². The van der Waals surface area contributed by atoms with Crippen molar-refractivity contribution in [3.63, 3.8) is 0 Å². The first-order valence-electron chi connectivity index (χ1n) is 7.90. The van der Waals surface area contributed by atoms with E-state index in [0.717, 1.165) is 0 Å². The number of alkyl halides is 7. The Kier molecular flexibility index (Phi) is 13.8. The van der Waals surface area contributed by atoms with Crippen molar-refractivity contribution in [1.82, 2.24) is 0 Å². The average molecular weight is 522 g/mol. The van der Waals surface area contributed by atoms with Crippen LogP contribution in [0, 0.1) is 5.41 Å². The van der Waals surface area contributed by atoms with Crippen molar-refractivity contribution in [2.24, 2.45) is 5.41 Å². The van der Waals surface area contributed by atoms with Crippen LogP contribution in [-0.4, -0.2) is 47.4 Å². The standard InChI is InChI=1S/C10H11F7O2.C6H15P.Ag/c1-7(2,3)5(18)4-6(19)8(11,12)9(13,14)10(15,16)17;1-4-7(5-2)6-3;/h4,18H,1-3H3;4-6H2,1-3H3;. The Hall–Kier alpha value is -0.110. The molecule has 0 atom stereocenters. The molecule has 0 aliphatic rings. The fourth-order valence-electron chi connectivity index (χ4n) is 1.43. The number of carbonyl (C=O) groups is 1. The van der Waals surface area contributed by atoms with E-state index < -0.39 is 35.0 Å². The van der Waals surface area contributed by atoms with Crippen LogP contribution >= 0.6 is 7.92 Å². The van der Waals surface area contributed by atoms with Crippen molar-refractivity contribution in [1.29, 1.82) is 0 Å². The number of carbonyl (C=O) groups excluding carboxylic acids is 1. The fraction of sp³-hybridized carbons (Fsp3) is 0.812. The van der Waals surface area contributed by atoms with Crippen molar-refractivity contribution in [2.45, 2.75) is 59.6 Å². The molecule has 2 nitrogen and oxygen atoms in total. The molecule has 0 amide bonds. The fourth-order valence-corrected chi connectivity index (χ4v) is 2.78. The summed E-state index contributed by atoms with van der Waals surface area (Å²) < 4.78 is 86.1. The van der Waals surface area contributed by atoms with Gasteiger partial charge in [-0.05, 0) is 18.5 Å². The average Bonchev–Trinajstić information content (AvgIpc) is 2.47. The molecule has 11 heteroatoms. The summed E-state index contributed by atoms with van der Waals surface area (Å²) in [6.45, 7) is 10.6. The van der Waals surface area contributed by atoms with Gasteiger partial charge in [-0.1, -0.05) is 41.5 Å². The van der Waals surface area contributed by atoms with Gasteiger partial charge >= 0.3 is 18.0 Å². The van der Waals surface area contributed by atoms with Crippen molar-refractivity contribution in [3.8, 4) is 0 Å². The smallest absolute Gasteiger partial charge is 0.460 e. The normalized spacial score (nSPS) is 13.6. The minimum atomic E-state index is -6.59. The number of rotatable bonds is 6. The van der Waals surface area contributed by atoms with E-state index in [-0.39, 0.29) is 28.5 Å². The van der Waals surface area contributed by atoms with Crippen molar-refractivity contribution in [2.75, 3.05) is 18.5 Å². The number of hydrogen-bond donors (Lipinski definition) is 1. The third-order valence-corrected chi connectivity index (χ3v) is 6.12. The first kappa shape index (κ1) is 31.6. The molecule has 167 valence electrons. The molecule has 1 N–H and O–H groups in total. The largest absolute Gasteiger partial charge is 0.512 e. The molecule has 0 bridgehead atoms. The summed E-state index contributed by atoms with van der Waals surface area (Å²) in [5.74, 6) is -16.4. The van der Waals surface area contributed by atoms with Gasteiger partial charge in [-0.2, -0.15) is 30.7 Å². The van der Waals surface area contributed by atoms with Crippen LogP contribution in [0.2, 0.25) is 0 Å². The van der Waals surface area contributed by atoms with Crippen LogP contribution in [0.4, 0.5) is 30.7 Å². The van der Waals surface area contributed by atoms with Gasteiger partial charge in [0, 0.05) is 33.9 Å². The van der Waals surface area contributed by atoms with Crippen LogP contribution < -0.4 is 0 Å². The van der Waals surface area contributed by atoms with Crippen molar-refractivity contribution in [3.05, 3.63) is 11.8 Å². The van der Waals surface area contributed by atoms with Crippen LogP contribution in [0.15, 0.2) is 11.8 Å². The van der Waals surface area contributed by atoms with Gasteiger partial charge in [0.15, 0.2) is 0 Å². The molecule has 0 rings (SSSR count). The molecule has 0 aliphatic heterocycles. The van der Waals surface area contributed by atoms with Gasteiger partial charge in [-0.3, -0.25) is 4.79 Å². The Morgan fingerprint density at radius 2 is 1.22 bits per heavy atom. The number of allylic oxidation sites excluding steroid dienone is 2. The van der Waals surface area contributed by atoms with E-state index in [4.69, 9.17) is 5.11 Å². The summed E-state index contributed by atoms with van der Waals surface area (Å²) >= 11 is 0. The summed E-state index contributed by atoms with van der Waals surface area (Å²) in [4.78, 5) is 10.8. The third kappa shape index (κ3) is 9.29. The maximum Gasteiger partial charge on any atom is 0.460 e. The minimum Gasteiger partial charge on any atom is -0.512 e. The zero-order chi connectivity index (χ0) is 21.6. The second-order valence-corrected chi connectivity index (χ2v) is 9.65. The molecule has 0 saturated heterocycles. The minimum absolute atomic E-state index is 0. The van der Waals surface area contributed by atoms with Gasteiger partial charge in [0.25, 0.3) is 0 Å². The van der Waals surface area contributed by atoms with Gasteiger partial charge in [-0.15, -0.1) is 7.92 Å². The van der Waals surface area contributed by atoms with E-state index in [9.17, 15) is 35.5 Å². The summed E-state index contributed by atoms with van der Waals surface area (Å²) in [6, 6.07) is 0. The molecule has 0 aromatic carbocycles. The van der Waals surface area contributed by atoms with Crippen LogP contribution in [0.3, 0.4) is 0 Å². The maximum atomic E-state index is 12.9. The topological polar surface area (TPSA) is 37.3 Å². The van der Waals surface area contributed by atoms with E-state index in [1.807, 2.05) is 0 Å². The van der Waals surface area contributed by atoms with Crippen LogP contribution in [0.25, 0.3) is 0 Å². The molecule has 0 aromatic heterocycles.